The molecule has 58 valence electrons. The number of hydrogen-bond acceptors (Lipinski definition) is 3. The molecule has 0 spiro atoms. The van der Waals surface area contributed by atoms with Crippen LogP contribution < -0.4 is 0 Å². The Bertz CT molecular complexity index is 106. The molecule has 3 heteroatoms. The number of unbranched alkanes of at least 4 members (excludes halogenated alkanes) is 1. The Labute approximate surface area is 60.7 Å². The maximum atomic E-state index is 8.47. The maximum absolute atomic E-state index is 8.47. The average molecular weight is 143 g/mol. The molecule has 1 atom stereocenters. The average Bonchev–Trinajstić information content (AvgIpc) is 2.41. The lowest BCUT2D eigenvalue weighted by Crippen LogP contribution is -2.09. The standard InChI is InChI=1S/C7H13NO2/c9-4-2-1-3-7-5-8-6-10-7/h6-7,9H,1-5H2. The summed E-state index contributed by atoms with van der Waals surface area (Å²) in [5.41, 5.74) is 0. The Hall–Kier alpha value is -0.570. The fourth-order valence-electron chi connectivity index (χ4n) is 0.976. The van der Waals surface area contributed by atoms with Gasteiger partial charge in [-0.25, -0.2) is 0 Å². The van der Waals surface area contributed by atoms with E-state index in [0.717, 1.165) is 25.8 Å². The molecule has 0 fully saturated rings. The Balaban J connectivity index is 1.93. The minimum Gasteiger partial charge on any atom is -0.478 e. The first-order valence-electron chi connectivity index (χ1n) is 3.68. The quantitative estimate of drug-likeness (QED) is 0.585. The van der Waals surface area contributed by atoms with Crippen LogP contribution in [0.25, 0.3) is 0 Å². The maximum Gasteiger partial charge on any atom is 0.170 e. The van der Waals surface area contributed by atoms with Gasteiger partial charge in [0.15, 0.2) is 6.40 Å². The second kappa shape index (κ2) is 4.28. The summed E-state index contributed by atoms with van der Waals surface area (Å²) in [6, 6.07) is 0. The molecule has 1 rings (SSSR count). The summed E-state index contributed by atoms with van der Waals surface area (Å²) >= 11 is 0. The zero-order valence-corrected chi connectivity index (χ0v) is 5.99. The summed E-state index contributed by atoms with van der Waals surface area (Å²) in [6.45, 7) is 1.08. The zero-order valence-electron chi connectivity index (χ0n) is 5.99. The first-order valence-corrected chi connectivity index (χ1v) is 3.68. The van der Waals surface area contributed by atoms with Crippen molar-refractivity contribution in [3.05, 3.63) is 0 Å². The van der Waals surface area contributed by atoms with Gasteiger partial charge >= 0.3 is 0 Å². The van der Waals surface area contributed by atoms with Gasteiger partial charge < -0.3 is 9.84 Å². The van der Waals surface area contributed by atoms with Crippen LogP contribution in [0.4, 0.5) is 0 Å². The summed E-state index contributed by atoms with van der Waals surface area (Å²) in [6.07, 6.45) is 4.72. The molecule has 1 N–H and O–H groups in total. The van der Waals surface area contributed by atoms with Gasteiger partial charge in [0.05, 0.1) is 6.54 Å². The second-order valence-corrected chi connectivity index (χ2v) is 2.45. The van der Waals surface area contributed by atoms with Gasteiger partial charge in [0.2, 0.25) is 0 Å². The fraction of sp³-hybridized carbons (Fsp3) is 0.857. The normalized spacial score (nSPS) is 23.1. The minimum atomic E-state index is 0.284. The highest BCUT2D eigenvalue weighted by Gasteiger charge is 2.10. The predicted molar refractivity (Wildman–Crippen MR) is 39.2 cm³/mol. The van der Waals surface area contributed by atoms with Crippen LogP contribution in [0.2, 0.25) is 0 Å². The van der Waals surface area contributed by atoms with Gasteiger partial charge in [0.1, 0.15) is 6.10 Å². The highest BCUT2D eigenvalue weighted by atomic mass is 16.5. The molecule has 0 aliphatic carbocycles. The lowest BCUT2D eigenvalue weighted by Gasteiger charge is -2.06. The molecule has 0 amide bonds. The van der Waals surface area contributed by atoms with Crippen molar-refractivity contribution in [3.8, 4) is 0 Å². The number of hydrogen-bond donors (Lipinski definition) is 1. The molecule has 0 saturated heterocycles. The topological polar surface area (TPSA) is 41.8 Å². The van der Waals surface area contributed by atoms with E-state index in [1.54, 1.807) is 0 Å². The lowest BCUT2D eigenvalue weighted by molar-refractivity contribution is 0.208. The van der Waals surface area contributed by atoms with Crippen molar-refractivity contribution in [1.29, 1.82) is 0 Å². The van der Waals surface area contributed by atoms with Crippen LogP contribution in [0, 0.1) is 0 Å². The molecule has 10 heavy (non-hydrogen) atoms. The van der Waals surface area contributed by atoms with Gasteiger partial charge in [-0.05, 0) is 19.3 Å². The monoisotopic (exact) mass is 143 g/mol. The first-order chi connectivity index (χ1) is 4.93. The molecule has 0 aromatic carbocycles. The molecule has 0 radical (unpaired) electrons. The molecule has 0 aromatic heterocycles. The molecular weight excluding hydrogens is 130 g/mol. The molecule has 0 saturated carbocycles. The van der Waals surface area contributed by atoms with Crippen molar-refractivity contribution in [2.45, 2.75) is 25.4 Å². The first kappa shape index (κ1) is 7.54. The van der Waals surface area contributed by atoms with Crippen molar-refractivity contribution >= 4 is 6.40 Å². The molecule has 1 heterocycles. The van der Waals surface area contributed by atoms with E-state index >= 15 is 0 Å². The van der Waals surface area contributed by atoms with E-state index in [2.05, 4.69) is 4.99 Å². The van der Waals surface area contributed by atoms with Crippen LogP contribution in [0.5, 0.6) is 0 Å². The lowest BCUT2D eigenvalue weighted by atomic mass is 10.1. The van der Waals surface area contributed by atoms with Gasteiger partial charge in [-0.1, -0.05) is 0 Å². The number of aliphatic hydroxyl groups is 1. The van der Waals surface area contributed by atoms with Crippen LogP contribution in [0.15, 0.2) is 4.99 Å². The number of nitrogens with zero attached hydrogens (tertiary/aromatic N) is 1. The van der Waals surface area contributed by atoms with E-state index in [1.165, 1.54) is 6.40 Å². The largest absolute Gasteiger partial charge is 0.478 e. The van der Waals surface area contributed by atoms with Crippen molar-refractivity contribution in [1.82, 2.24) is 0 Å². The molecule has 1 aliphatic rings. The van der Waals surface area contributed by atoms with E-state index in [0.29, 0.717) is 0 Å². The summed E-state index contributed by atoms with van der Waals surface area (Å²) in [7, 11) is 0. The predicted octanol–water partition coefficient (Wildman–Crippen LogP) is 0.576. The molecule has 3 nitrogen and oxygen atoms in total. The molecular formula is C7H13NO2. The van der Waals surface area contributed by atoms with E-state index in [1.807, 2.05) is 0 Å². The Kier molecular flexibility index (Phi) is 3.22. The summed E-state index contributed by atoms with van der Waals surface area (Å²) in [4.78, 5) is 3.93. The van der Waals surface area contributed by atoms with E-state index < -0.39 is 0 Å². The van der Waals surface area contributed by atoms with Crippen molar-refractivity contribution in [2.24, 2.45) is 4.99 Å². The third-order valence-corrected chi connectivity index (χ3v) is 1.57. The third kappa shape index (κ3) is 2.35. The Morgan fingerprint density at radius 3 is 3.10 bits per heavy atom. The van der Waals surface area contributed by atoms with Gasteiger partial charge in [0.25, 0.3) is 0 Å². The SMILES string of the molecule is OCCCCC1CN=CO1. The van der Waals surface area contributed by atoms with Crippen LogP contribution in [-0.4, -0.2) is 30.8 Å². The fourth-order valence-corrected chi connectivity index (χ4v) is 0.976. The number of aliphatic imine (C=N–C) groups is 1. The van der Waals surface area contributed by atoms with Gasteiger partial charge in [-0.2, -0.15) is 0 Å². The van der Waals surface area contributed by atoms with Crippen molar-refractivity contribution in [2.75, 3.05) is 13.2 Å². The molecule has 0 bridgehead atoms. The van der Waals surface area contributed by atoms with Crippen LogP contribution >= 0.6 is 0 Å². The molecule has 0 aromatic rings. The van der Waals surface area contributed by atoms with Crippen LogP contribution in [0.1, 0.15) is 19.3 Å². The highest BCUT2D eigenvalue weighted by molar-refractivity contribution is 5.48. The third-order valence-electron chi connectivity index (χ3n) is 1.57. The Morgan fingerprint density at radius 1 is 1.60 bits per heavy atom. The van der Waals surface area contributed by atoms with Crippen molar-refractivity contribution < 1.29 is 9.84 Å². The van der Waals surface area contributed by atoms with E-state index in [4.69, 9.17) is 9.84 Å². The summed E-state index contributed by atoms with van der Waals surface area (Å²) in [5.74, 6) is 0. The van der Waals surface area contributed by atoms with E-state index in [9.17, 15) is 0 Å². The molecule has 1 unspecified atom stereocenters. The van der Waals surface area contributed by atoms with Gasteiger partial charge in [0, 0.05) is 6.61 Å². The number of ether oxygens (including phenoxy) is 1. The highest BCUT2D eigenvalue weighted by Crippen LogP contribution is 2.07. The van der Waals surface area contributed by atoms with Crippen LogP contribution in [0.3, 0.4) is 0 Å². The van der Waals surface area contributed by atoms with Gasteiger partial charge in [-0.15, -0.1) is 0 Å². The summed E-state index contributed by atoms with van der Waals surface area (Å²) in [5, 5.41) is 8.47. The van der Waals surface area contributed by atoms with Crippen LogP contribution in [-0.2, 0) is 4.74 Å². The molecule has 1 aliphatic heterocycles. The zero-order chi connectivity index (χ0) is 7.23. The van der Waals surface area contributed by atoms with Gasteiger partial charge in [-0.3, -0.25) is 4.99 Å². The van der Waals surface area contributed by atoms with Crippen molar-refractivity contribution in [3.63, 3.8) is 0 Å². The second-order valence-electron chi connectivity index (χ2n) is 2.45. The van der Waals surface area contributed by atoms with E-state index in [-0.39, 0.29) is 12.7 Å². The minimum absolute atomic E-state index is 0.284. The number of aliphatic hydroxyl groups excluding tert-OH is 1. The Morgan fingerprint density at radius 2 is 2.50 bits per heavy atom. The number of rotatable bonds is 4. The summed E-state index contributed by atoms with van der Waals surface area (Å²) < 4.78 is 5.13. The smallest absolute Gasteiger partial charge is 0.170 e.